The summed E-state index contributed by atoms with van der Waals surface area (Å²) in [5, 5.41) is 6.42. The standard InChI is InChI=1S/C20H24FN3O3.HI/c1-3-22-20(23-13-14-5-7-17(25-2)16(21)11-14)24-15-6-8-18-19(12-15)27-10-4-9-26-18;/h5-8,11-12H,3-4,9-10,13H2,1-2H3,(H2,22,23,24);1H. The van der Waals surface area contributed by atoms with E-state index in [0.29, 0.717) is 38.0 Å². The number of nitrogens with one attached hydrogen (secondary N) is 2. The number of methoxy groups -OCH3 is 1. The van der Waals surface area contributed by atoms with Gasteiger partial charge in [0.15, 0.2) is 29.0 Å². The first-order chi connectivity index (χ1) is 13.2. The number of aliphatic imine (C=N–C) groups is 1. The van der Waals surface area contributed by atoms with Gasteiger partial charge in [0.25, 0.3) is 0 Å². The van der Waals surface area contributed by atoms with E-state index in [1.54, 1.807) is 12.1 Å². The Labute approximate surface area is 181 Å². The molecule has 6 nitrogen and oxygen atoms in total. The number of hydrogen-bond acceptors (Lipinski definition) is 4. The van der Waals surface area contributed by atoms with E-state index in [4.69, 9.17) is 14.2 Å². The lowest BCUT2D eigenvalue weighted by molar-refractivity contribution is 0.297. The molecule has 2 aromatic rings. The Bertz CT molecular complexity index is 817. The van der Waals surface area contributed by atoms with E-state index in [1.807, 2.05) is 25.1 Å². The first-order valence-electron chi connectivity index (χ1n) is 8.97. The van der Waals surface area contributed by atoms with Crippen molar-refractivity contribution in [2.75, 3.05) is 32.2 Å². The van der Waals surface area contributed by atoms with Crippen molar-refractivity contribution in [2.45, 2.75) is 19.9 Å². The highest BCUT2D eigenvalue weighted by molar-refractivity contribution is 14.0. The van der Waals surface area contributed by atoms with E-state index >= 15 is 0 Å². The number of benzene rings is 2. The van der Waals surface area contributed by atoms with E-state index in [2.05, 4.69) is 15.6 Å². The molecule has 0 saturated carbocycles. The maximum Gasteiger partial charge on any atom is 0.196 e. The Morgan fingerprint density at radius 1 is 1.14 bits per heavy atom. The van der Waals surface area contributed by atoms with Gasteiger partial charge in [0, 0.05) is 24.7 Å². The third kappa shape index (κ3) is 5.88. The van der Waals surface area contributed by atoms with Crippen molar-refractivity contribution in [2.24, 2.45) is 4.99 Å². The lowest BCUT2D eigenvalue weighted by Crippen LogP contribution is -2.30. The van der Waals surface area contributed by atoms with Crippen LogP contribution in [-0.2, 0) is 6.54 Å². The Balaban J connectivity index is 0.00000280. The minimum absolute atomic E-state index is 0. The average molecular weight is 501 g/mol. The summed E-state index contributed by atoms with van der Waals surface area (Å²) in [6.07, 6.45) is 0.861. The molecule has 0 aliphatic carbocycles. The zero-order valence-electron chi connectivity index (χ0n) is 16.0. The van der Waals surface area contributed by atoms with Gasteiger partial charge < -0.3 is 24.8 Å². The normalized spacial score (nSPS) is 13.2. The smallest absolute Gasteiger partial charge is 0.196 e. The maximum atomic E-state index is 13.8. The molecule has 3 rings (SSSR count). The van der Waals surface area contributed by atoms with Crippen LogP contribution in [-0.4, -0.2) is 32.8 Å². The van der Waals surface area contributed by atoms with Crippen molar-refractivity contribution in [1.82, 2.24) is 5.32 Å². The van der Waals surface area contributed by atoms with E-state index in [1.165, 1.54) is 13.2 Å². The summed E-state index contributed by atoms with van der Waals surface area (Å²) in [4.78, 5) is 4.52. The fraction of sp³-hybridized carbons (Fsp3) is 0.350. The van der Waals surface area contributed by atoms with E-state index in [9.17, 15) is 4.39 Å². The van der Waals surface area contributed by atoms with E-state index in [-0.39, 0.29) is 29.7 Å². The quantitative estimate of drug-likeness (QED) is 0.366. The van der Waals surface area contributed by atoms with Gasteiger partial charge in [0.1, 0.15) is 0 Å². The fourth-order valence-corrected chi connectivity index (χ4v) is 2.66. The SMILES string of the molecule is CCNC(=NCc1ccc(OC)c(F)c1)Nc1ccc2c(c1)OCCCO2.I. The molecule has 0 unspecified atom stereocenters. The molecule has 2 aromatic carbocycles. The Hall–Kier alpha value is -2.23. The predicted octanol–water partition coefficient (Wildman–Crippen LogP) is 4.19. The van der Waals surface area contributed by atoms with Crippen LogP contribution in [0.15, 0.2) is 41.4 Å². The van der Waals surface area contributed by atoms with Crippen LogP contribution in [0, 0.1) is 5.82 Å². The Kier molecular flexibility index (Phi) is 8.62. The van der Waals surface area contributed by atoms with E-state index < -0.39 is 5.82 Å². The molecule has 1 aliphatic rings. The summed E-state index contributed by atoms with van der Waals surface area (Å²) in [7, 11) is 1.44. The van der Waals surface area contributed by atoms with Gasteiger partial charge >= 0.3 is 0 Å². The summed E-state index contributed by atoms with van der Waals surface area (Å²) in [6.45, 7) is 4.31. The number of ether oxygens (including phenoxy) is 3. The maximum absolute atomic E-state index is 13.8. The van der Waals surface area contributed by atoms with Gasteiger partial charge in [-0.3, -0.25) is 0 Å². The summed E-state index contributed by atoms with van der Waals surface area (Å²) >= 11 is 0. The van der Waals surface area contributed by atoms with Crippen LogP contribution in [0.2, 0.25) is 0 Å². The third-order valence-electron chi connectivity index (χ3n) is 3.99. The van der Waals surface area contributed by atoms with Gasteiger partial charge in [-0.2, -0.15) is 0 Å². The highest BCUT2D eigenvalue weighted by atomic mass is 127. The molecule has 0 amide bonds. The molecule has 0 radical (unpaired) electrons. The second-order valence-corrected chi connectivity index (χ2v) is 6.00. The van der Waals surface area contributed by atoms with Crippen molar-refractivity contribution in [1.29, 1.82) is 0 Å². The molecule has 28 heavy (non-hydrogen) atoms. The van der Waals surface area contributed by atoms with Crippen LogP contribution in [0.25, 0.3) is 0 Å². The molecule has 1 aliphatic heterocycles. The molecule has 152 valence electrons. The first kappa shape index (κ1) is 22.1. The molecular weight excluding hydrogens is 476 g/mol. The molecule has 8 heteroatoms. The number of guanidine groups is 1. The first-order valence-corrected chi connectivity index (χ1v) is 8.97. The fourth-order valence-electron chi connectivity index (χ4n) is 2.66. The zero-order chi connectivity index (χ0) is 19.1. The summed E-state index contributed by atoms with van der Waals surface area (Å²) in [5.41, 5.74) is 1.59. The molecule has 0 aromatic heterocycles. The number of nitrogens with zero attached hydrogens (tertiary/aromatic N) is 1. The van der Waals surface area contributed by atoms with Crippen molar-refractivity contribution in [3.8, 4) is 17.2 Å². The van der Waals surface area contributed by atoms with Crippen molar-refractivity contribution >= 4 is 35.6 Å². The molecule has 0 atom stereocenters. The number of rotatable bonds is 5. The molecule has 0 bridgehead atoms. The van der Waals surface area contributed by atoms with Crippen molar-refractivity contribution in [3.63, 3.8) is 0 Å². The molecule has 0 spiro atoms. The van der Waals surface area contributed by atoms with Gasteiger partial charge in [-0.25, -0.2) is 9.38 Å². The van der Waals surface area contributed by atoms with Gasteiger partial charge in [-0.1, -0.05) is 6.07 Å². The van der Waals surface area contributed by atoms with Gasteiger partial charge in [0.05, 0.1) is 26.9 Å². The summed E-state index contributed by atoms with van der Waals surface area (Å²) in [5.74, 6) is 1.88. The molecule has 0 fully saturated rings. The molecule has 2 N–H and O–H groups in total. The van der Waals surface area contributed by atoms with Gasteiger partial charge in [-0.15, -0.1) is 24.0 Å². The largest absolute Gasteiger partial charge is 0.494 e. The average Bonchev–Trinajstić information content (AvgIpc) is 2.91. The van der Waals surface area contributed by atoms with E-state index in [0.717, 1.165) is 23.4 Å². The topological polar surface area (TPSA) is 64.1 Å². The highest BCUT2D eigenvalue weighted by Gasteiger charge is 2.11. The van der Waals surface area contributed by atoms with Crippen LogP contribution in [0.3, 0.4) is 0 Å². The Morgan fingerprint density at radius 3 is 2.64 bits per heavy atom. The van der Waals surface area contributed by atoms with Crippen LogP contribution in [0.1, 0.15) is 18.9 Å². The lowest BCUT2D eigenvalue weighted by atomic mass is 10.2. The second kappa shape index (κ2) is 10.9. The van der Waals surface area contributed by atoms with Crippen LogP contribution < -0.4 is 24.8 Å². The predicted molar refractivity (Wildman–Crippen MR) is 119 cm³/mol. The minimum atomic E-state index is -0.397. The monoisotopic (exact) mass is 501 g/mol. The molecule has 0 saturated heterocycles. The number of halogens is 2. The number of hydrogen-bond donors (Lipinski definition) is 2. The van der Waals surface area contributed by atoms with Gasteiger partial charge in [-0.05, 0) is 36.8 Å². The zero-order valence-corrected chi connectivity index (χ0v) is 18.3. The van der Waals surface area contributed by atoms with Gasteiger partial charge in [0.2, 0.25) is 0 Å². The minimum Gasteiger partial charge on any atom is -0.494 e. The van der Waals surface area contributed by atoms with Crippen molar-refractivity contribution in [3.05, 3.63) is 47.8 Å². The van der Waals surface area contributed by atoms with Crippen LogP contribution >= 0.6 is 24.0 Å². The summed E-state index contributed by atoms with van der Waals surface area (Å²) in [6, 6.07) is 10.5. The highest BCUT2D eigenvalue weighted by Crippen LogP contribution is 2.32. The number of anilines is 1. The van der Waals surface area contributed by atoms with Crippen LogP contribution in [0.4, 0.5) is 10.1 Å². The Morgan fingerprint density at radius 2 is 1.93 bits per heavy atom. The number of fused-ring (bicyclic) bond motifs is 1. The van der Waals surface area contributed by atoms with Crippen LogP contribution in [0.5, 0.6) is 17.2 Å². The third-order valence-corrected chi connectivity index (χ3v) is 3.99. The summed E-state index contributed by atoms with van der Waals surface area (Å²) < 4.78 is 30.1. The molecule has 1 heterocycles. The molecular formula is C20H25FIN3O3. The second-order valence-electron chi connectivity index (χ2n) is 6.00. The van der Waals surface area contributed by atoms with Crippen molar-refractivity contribution < 1.29 is 18.6 Å². The lowest BCUT2D eigenvalue weighted by Gasteiger charge is -2.14.